The molecule has 1 atom stereocenters. The summed E-state index contributed by atoms with van der Waals surface area (Å²) < 4.78 is 5.19. The lowest BCUT2D eigenvalue weighted by molar-refractivity contribution is -0.128. The largest absolute Gasteiger partial charge is 0.481 e. The van der Waals surface area contributed by atoms with Crippen LogP contribution in [0.3, 0.4) is 0 Å². The van der Waals surface area contributed by atoms with E-state index >= 15 is 0 Å². The van der Waals surface area contributed by atoms with Crippen LogP contribution in [-0.4, -0.2) is 35.8 Å². The molecule has 5 nitrogen and oxygen atoms in total. The lowest BCUT2D eigenvalue weighted by Gasteiger charge is -2.38. The van der Waals surface area contributed by atoms with Crippen LogP contribution in [0.5, 0.6) is 5.88 Å². The van der Waals surface area contributed by atoms with Gasteiger partial charge in [0, 0.05) is 36.9 Å². The number of carbonyl (C=O) groups excluding carboxylic acids is 1. The van der Waals surface area contributed by atoms with Crippen molar-refractivity contribution in [2.24, 2.45) is 0 Å². The van der Waals surface area contributed by atoms with Crippen molar-refractivity contribution < 1.29 is 9.53 Å². The van der Waals surface area contributed by atoms with Crippen LogP contribution < -0.4 is 4.74 Å². The molecule has 2 aromatic rings. The summed E-state index contributed by atoms with van der Waals surface area (Å²) in [6.45, 7) is 2.05. The Morgan fingerprint density at radius 2 is 1.96 bits per heavy atom. The molecule has 1 aromatic carbocycles. The van der Waals surface area contributed by atoms with Crippen molar-refractivity contribution >= 4 is 11.7 Å². The number of nitrogens with zero attached hydrogens (tertiary/aromatic N) is 2. The van der Waals surface area contributed by atoms with Gasteiger partial charge in [0.1, 0.15) is 5.84 Å². The van der Waals surface area contributed by atoms with E-state index in [1.165, 1.54) is 4.90 Å². The van der Waals surface area contributed by atoms with E-state index in [0.717, 1.165) is 16.8 Å². The third kappa shape index (κ3) is 2.89. The first-order chi connectivity index (χ1) is 11.4. The van der Waals surface area contributed by atoms with Crippen LogP contribution >= 0.6 is 0 Å². The summed E-state index contributed by atoms with van der Waals surface area (Å²) in [5.74, 6) is 0.915. The summed E-state index contributed by atoms with van der Waals surface area (Å²) in [6.07, 6.45) is 0.950. The Morgan fingerprint density at radius 1 is 1.21 bits per heavy atom. The van der Waals surface area contributed by atoms with Crippen LogP contribution in [-0.2, 0) is 10.2 Å². The number of carbonyl (C=O) groups is 1. The van der Waals surface area contributed by atoms with E-state index in [-0.39, 0.29) is 11.3 Å². The second-order valence-corrected chi connectivity index (χ2v) is 6.46. The van der Waals surface area contributed by atoms with Gasteiger partial charge in [0.05, 0.1) is 12.8 Å². The first kappa shape index (κ1) is 16.2. The number of rotatable bonds is 3. The molecular formula is C19H21N3O2. The first-order valence-corrected chi connectivity index (χ1v) is 7.89. The Hall–Kier alpha value is -2.69. The normalized spacial score (nSPS) is 21.0. The van der Waals surface area contributed by atoms with E-state index in [9.17, 15) is 4.79 Å². The topological polar surface area (TPSA) is 66.3 Å². The summed E-state index contributed by atoms with van der Waals surface area (Å²) in [6, 6.07) is 13.7. The van der Waals surface area contributed by atoms with Gasteiger partial charge in [0.2, 0.25) is 11.8 Å². The molecule has 1 aliphatic rings. The number of nitrogens with one attached hydrogen (secondary N) is 1. The molecule has 5 heteroatoms. The van der Waals surface area contributed by atoms with Crippen LogP contribution in [0.2, 0.25) is 0 Å². The van der Waals surface area contributed by atoms with Gasteiger partial charge in [-0.05, 0) is 17.7 Å². The third-order valence-corrected chi connectivity index (χ3v) is 4.67. The van der Waals surface area contributed by atoms with Crippen molar-refractivity contribution in [1.82, 2.24) is 9.88 Å². The molecular weight excluding hydrogens is 302 g/mol. The van der Waals surface area contributed by atoms with Gasteiger partial charge >= 0.3 is 0 Å². The minimum absolute atomic E-state index is 0.0151. The average Bonchev–Trinajstić information content (AvgIpc) is 2.60. The number of benzene rings is 1. The van der Waals surface area contributed by atoms with Gasteiger partial charge in [0.25, 0.3) is 0 Å². The van der Waals surface area contributed by atoms with Crippen molar-refractivity contribution in [1.29, 1.82) is 5.41 Å². The lowest BCUT2D eigenvalue weighted by Crippen LogP contribution is -2.46. The standard InChI is InChI=1S/C19H21N3O2/c1-19(11-16(20)22(2)18(23)12-19)14-7-4-6-13(10-14)15-8-5-9-17(21-15)24-3/h4-10,20H,11-12H2,1-3H3/t19-/m0/s1. The fourth-order valence-electron chi connectivity index (χ4n) is 3.10. The van der Waals surface area contributed by atoms with Crippen molar-refractivity contribution in [2.75, 3.05) is 14.2 Å². The maximum Gasteiger partial charge on any atom is 0.228 e. The second-order valence-electron chi connectivity index (χ2n) is 6.46. The molecule has 0 aliphatic carbocycles. The molecule has 2 heterocycles. The number of methoxy groups -OCH3 is 1. The SMILES string of the molecule is COc1cccc(-c2cccc([C@@]3(C)CC(=N)N(C)C(=O)C3)c2)n1. The number of piperidine rings is 1. The minimum Gasteiger partial charge on any atom is -0.481 e. The highest BCUT2D eigenvalue weighted by Gasteiger charge is 2.38. The highest BCUT2D eigenvalue weighted by molar-refractivity contribution is 6.00. The van der Waals surface area contributed by atoms with Crippen molar-refractivity contribution in [3.8, 4) is 17.1 Å². The molecule has 3 rings (SSSR count). The second kappa shape index (κ2) is 6.07. The number of amidine groups is 1. The molecule has 1 amide bonds. The van der Waals surface area contributed by atoms with Crippen molar-refractivity contribution in [3.63, 3.8) is 0 Å². The quantitative estimate of drug-likeness (QED) is 0.943. The summed E-state index contributed by atoms with van der Waals surface area (Å²) in [4.78, 5) is 18.1. The monoisotopic (exact) mass is 323 g/mol. The summed E-state index contributed by atoms with van der Waals surface area (Å²) in [5.41, 5.74) is 2.49. The molecule has 0 radical (unpaired) electrons. The molecule has 0 spiro atoms. The summed E-state index contributed by atoms with van der Waals surface area (Å²) in [5, 5.41) is 8.08. The van der Waals surface area contributed by atoms with Crippen molar-refractivity contribution in [2.45, 2.75) is 25.2 Å². The highest BCUT2D eigenvalue weighted by atomic mass is 16.5. The van der Waals surface area contributed by atoms with Gasteiger partial charge in [-0.3, -0.25) is 10.2 Å². The number of hydrogen-bond donors (Lipinski definition) is 1. The van der Waals surface area contributed by atoms with Gasteiger partial charge in [-0.25, -0.2) is 4.98 Å². The fourth-order valence-corrected chi connectivity index (χ4v) is 3.10. The van der Waals surface area contributed by atoms with Gasteiger partial charge < -0.3 is 9.64 Å². The molecule has 0 saturated carbocycles. The smallest absolute Gasteiger partial charge is 0.228 e. The number of pyridine rings is 1. The molecule has 1 N–H and O–H groups in total. The Morgan fingerprint density at radius 3 is 2.67 bits per heavy atom. The molecule has 1 aromatic heterocycles. The summed E-state index contributed by atoms with van der Waals surface area (Å²) >= 11 is 0. The van der Waals surface area contributed by atoms with E-state index in [1.54, 1.807) is 14.2 Å². The first-order valence-electron chi connectivity index (χ1n) is 7.89. The number of ether oxygens (including phenoxy) is 1. The molecule has 0 bridgehead atoms. The average molecular weight is 323 g/mol. The fraction of sp³-hybridized carbons (Fsp3) is 0.316. The lowest BCUT2D eigenvalue weighted by atomic mass is 9.73. The summed E-state index contributed by atoms with van der Waals surface area (Å²) in [7, 11) is 3.26. The minimum atomic E-state index is -0.366. The van der Waals surface area contributed by atoms with Crippen LogP contribution in [0.15, 0.2) is 42.5 Å². The van der Waals surface area contributed by atoms with Gasteiger partial charge in [-0.15, -0.1) is 0 Å². The number of likely N-dealkylation sites (tertiary alicyclic amines) is 1. The molecule has 1 aliphatic heterocycles. The highest BCUT2D eigenvalue weighted by Crippen LogP contribution is 2.37. The van der Waals surface area contributed by atoms with Gasteiger partial charge in [0.15, 0.2) is 0 Å². The molecule has 124 valence electrons. The van der Waals surface area contributed by atoms with E-state index < -0.39 is 0 Å². The zero-order valence-electron chi connectivity index (χ0n) is 14.2. The number of hydrogen-bond acceptors (Lipinski definition) is 4. The Kier molecular flexibility index (Phi) is 4.09. The zero-order chi connectivity index (χ0) is 17.3. The zero-order valence-corrected chi connectivity index (χ0v) is 14.2. The van der Waals surface area contributed by atoms with Crippen molar-refractivity contribution in [3.05, 3.63) is 48.0 Å². The molecule has 0 unspecified atom stereocenters. The van der Waals surface area contributed by atoms with E-state index in [0.29, 0.717) is 24.6 Å². The Labute approximate surface area is 141 Å². The van der Waals surface area contributed by atoms with Crippen LogP contribution in [0, 0.1) is 5.41 Å². The van der Waals surface area contributed by atoms with E-state index in [4.69, 9.17) is 10.1 Å². The van der Waals surface area contributed by atoms with Gasteiger partial charge in [-0.2, -0.15) is 0 Å². The van der Waals surface area contributed by atoms with Crippen LogP contribution in [0.4, 0.5) is 0 Å². The predicted octanol–water partition coefficient (Wildman–Crippen LogP) is 3.24. The van der Waals surface area contributed by atoms with E-state index in [2.05, 4.69) is 11.1 Å². The Bertz CT molecular complexity index is 783. The third-order valence-electron chi connectivity index (χ3n) is 4.67. The van der Waals surface area contributed by atoms with Crippen LogP contribution in [0.1, 0.15) is 25.3 Å². The number of amides is 1. The van der Waals surface area contributed by atoms with Crippen LogP contribution in [0.25, 0.3) is 11.3 Å². The van der Waals surface area contributed by atoms with E-state index in [1.807, 2.05) is 43.3 Å². The molecule has 1 saturated heterocycles. The maximum atomic E-state index is 12.2. The molecule has 1 fully saturated rings. The predicted molar refractivity (Wildman–Crippen MR) is 93.3 cm³/mol. The maximum absolute atomic E-state index is 12.2. The van der Waals surface area contributed by atoms with Gasteiger partial charge in [-0.1, -0.05) is 31.2 Å². The Balaban J connectivity index is 1.98. The number of aromatic nitrogens is 1. The molecule has 24 heavy (non-hydrogen) atoms.